The summed E-state index contributed by atoms with van der Waals surface area (Å²) in [7, 11) is 0. The lowest BCUT2D eigenvalue weighted by atomic mass is 10.3. The number of hydrogen-bond donors (Lipinski definition) is 1. The monoisotopic (exact) mass is 309 g/mol. The van der Waals surface area contributed by atoms with Gasteiger partial charge in [-0.15, -0.1) is 0 Å². The largest absolute Gasteiger partial charge is 0.383 e. The Kier molecular flexibility index (Phi) is 3.18. The molecule has 0 amide bonds. The second-order valence-electron chi connectivity index (χ2n) is 3.25. The van der Waals surface area contributed by atoms with Crippen molar-refractivity contribution in [1.82, 2.24) is 19.7 Å². The Hall–Kier alpha value is -1.38. The van der Waals surface area contributed by atoms with Gasteiger partial charge in [-0.2, -0.15) is 5.10 Å². The molecule has 0 saturated carbocycles. The van der Waals surface area contributed by atoms with Gasteiger partial charge in [-0.1, -0.05) is 0 Å². The number of fused-ring (bicyclic) bond motifs is 1. The lowest BCUT2D eigenvalue weighted by Gasteiger charge is -2.12. The van der Waals surface area contributed by atoms with Gasteiger partial charge < -0.3 is 5.73 Å². The van der Waals surface area contributed by atoms with Crippen molar-refractivity contribution in [3.05, 3.63) is 10.9 Å². The van der Waals surface area contributed by atoms with Crippen LogP contribution in [0.15, 0.2) is 10.9 Å². The summed E-state index contributed by atoms with van der Waals surface area (Å²) in [5.41, 5.74) is 5.65. The molecule has 0 aliphatic heterocycles. The molecular formula is C8H7BrF3N5. The summed E-state index contributed by atoms with van der Waals surface area (Å²) in [6.07, 6.45) is -1.77. The van der Waals surface area contributed by atoms with Crippen LogP contribution in [-0.4, -0.2) is 32.8 Å². The number of nitrogens with zero attached hydrogens (tertiary/aromatic N) is 4. The second-order valence-corrected chi connectivity index (χ2v) is 4.00. The zero-order valence-electron chi connectivity index (χ0n) is 8.32. The molecule has 0 saturated heterocycles. The Labute approximate surface area is 102 Å². The molecule has 1 unspecified atom stereocenters. The van der Waals surface area contributed by atoms with E-state index >= 15 is 0 Å². The molecule has 1 atom stereocenters. The fourth-order valence-corrected chi connectivity index (χ4v) is 1.97. The molecule has 92 valence electrons. The molecule has 17 heavy (non-hydrogen) atoms. The van der Waals surface area contributed by atoms with Crippen LogP contribution in [0.1, 0.15) is 6.04 Å². The van der Waals surface area contributed by atoms with Gasteiger partial charge in [0.2, 0.25) is 0 Å². The third kappa shape index (κ3) is 1.94. The summed E-state index contributed by atoms with van der Waals surface area (Å²) in [4.78, 5) is 7.51. The second kappa shape index (κ2) is 4.47. The highest BCUT2D eigenvalue weighted by Gasteiger charge is 2.27. The van der Waals surface area contributed by atoms with Gasteiger partial charge in [-0.3, -0.25) is 0 Å². The SMILES string of the molecule is Nc1ncnc2c1c(Br)nn2C(CF)C(F)F. The average molecular weight is 310 g/mol. The van der Waals surface area contributed by atoms with Gasteiger partial charge in [0.05, 0.1) is 5.39 Å². The Morgan fingerprint density at radius 2 is 2.12 bits per heavy atom. The molecule has 0 spiro atoms. The van der Waals surface area contributed by atoms with Gasteiger partial charge >= 0.3 is 0 Å². The minimum Gasteiger partial charge on any atom is -0.383 e. The number of halogens is 4. The highest BCUT2D eigenvalue weighted by atomic mass is 79.9. The van der Waals surface area contributed by atoms with Crippen LogP contribution in [-0.2, 0) is 0 Å². The number of aromatic nitrogens is 4. The predicted molar refractivity (Wildman–Crippen MR) is 58.5 cm³/mol. The van der Waals surface area contributed by atoms with Crippen LogP contribution >= 0.6 is 15.9 Å². The summed E-state index contributed by atoms with van der Waals surface area (Å²) in [6.45, 7) is -1.25. The molecule has 2 aromatic rings. The van der Waals surface area contributed by atoms with Gasteiger partial charge in [-0.25, -0.2) is 27.8 Å². The molecule has 2 N–H and O–H groups in total. The Bertz CT molecular complexity index is 543. The average Bonchev–Trinajstić information content (AvgIpc) is 2.58. The smallest absolute Gasteiger partial charge is 0.263 e. The molecule has 2 rings (SSSR count). The summed E-state index contributed by atoms with van der Waals surface area (Å²) in [5.74, 6) is 0.0972. The zero-order valence-corrected chi connectivity index (χ0v) is 9.90. The summed E-state index contributed by atoms with van der Waals surface area (Å²) >= 11 is 3.06. The Balaban J connectivity index is 2.67. The predicted octanol–water partition coefficient (Wildman–Crippen LogP) is 1.95. The number of hydrogen-bond acceptors (Lipinski definition) is 4. The van der Waals surface area contributed by atoms with Crippen molar-refractivity contribution in [3.8, 4) is 0 Å². The van der Waals surface area contributed by atoms with Crippen LogP contribution in [0, 0.1) is 0 Å². The van der Waals surface area contributed by atoms with E-state index in [0.717, 1.165) is 11.0 Å². The van der Waals surface area contributed by atoms with Gasteiger partial charge in [0.1, 0.15) is 29.5 Å². The van der Waals surface area contributed by atoms with Gasteiger partial charge in [0.25, 0.3) is 6.43 Å². The van der Waals surface area contributed by atoms with Gasteiger partial charge in [0, 0.05) is 0 Å². The van der Waals surface area contributed by atoms with Crippen LogP contribution in [0.4, 0.5) is 19.0 Å². The molecule has 0 aliphatic carbocycles. The first-order valence-corrected chi connectivity index (χ1v) is 5.33. The topological polar surface area (TPSA) is 69.6 Å². The molecule has 0 aromatic carbocycles. The molecule has 0 aliphatic rings. The van der Waals surface area contributed by atoms with Crippen molar-refractivity contribution in [3.63, 3.8) is 0 Å². The quantitative estimate of drug-likeness (QED) is 0.941. The Morgan fingerprint density at radius 1 is 1.41 bits per heavy atom. The minimum atomic E-state index is -2.88. The third-order valence-electron chi connectivity index (χ3n) is 2.24. The van der Waals surface area contributed by atoms with E-state index in [9.17, 15) is 13.2 Å². The van der Waals surface area contributed by atoms with Gasteiger partial charge in [-0.05, 0) is 15.9 Å². The van der Waals surface area contributed by atoms with E-state index < -0.39 is 19.1 Å². The summed E-state index contributed by atoms with van der Waals surface area (Å²) in [5, 5.41) is 4.07. The molecule has 2 heterocycles. The van der Waals surface area contributed by atoms with Crippen LogP contribution < -0.4 is 5.73 Å². The van der Waals surface area contributed by atoms with E-state index in [0.29, 0.717) is 5.39 Å². The molecule has 0 fully saturated rings. The maximum atomic E-state index is 12.6. The maximum absolute atomic E-state index is 12.6. The molecule has 9 heteroatoms. The van der Waals surface area contributed by atoms with E-state index in [4.69, 9.17) is 5.73 Å². The van der Waals surface area contributed by atoms with E-state index in [1.807, 2.05) is 0 Å². The van der Waals surface area contributed by atoms with Crippen molar-refractivity contribution in [2.24, 2.45) is 0 Å². The first kappa shape index (κ1) is 12.1. The van der Waals surface area contributed by atoms with Gasteiger partial charge in [0.15, 0.2) is 5.65 Å². The third-order valence-corrected chi connectivity index (χ3v) is 2.79. The number of nitrogens with two attached hydrogens (primary N) is 1. The van der Waals surface area contributed by atoms with Crippen molar-refractivity contribution in [1.29, 1.82) is 0 Å². The number of nitrogen functional groups attached to an aromatic ring is 1. The molecule has 0 bridgehead atoms. The van der Waals surface area contributed by atoms with Crippen molar-refractivity contribution >= 4 is 32.8 Å². The van der Waals surface area contributed by atoms with E-state index in [2.05, 4.69) is 31.0 Å². The first-order valence-electron chi connectivity index (χ1n) is 4.54. The summed E-state index contributed by atoms with van der Waals surface area (Å²) in [6, 6.07) is -1.68. The minimum absolute atomic E-state index is 0.0762. The lowest BCUT2D eigenvalue weighted by molar-refractivity contribution is 0.0641. The molecule has 2 aromatic heterocycles. The summed E-state index contributed by atoms with van der Waals surface area (Å²) < 4.78 is 38.9. The fraction of sp³-hybridized carbons (Fsp3) is 0.375. The first-order chi connectivity index (χ1) is 8.06. The van der Waals surface area contributed by atoms with Crippen molar-refractivity contribution in [2.75, 3.05) is 12.4 Å². The fourth-order valence-electron chi connectivity index (χ4n) is 1.42. The molecule has 0 radical (unpaired) electrons. The van der Waals surface area contributed by atoms with Crippen molar-refractivity contribution < 1.29 is 13.2 Å². The molecule has 5 nitrogen and oxygen atoms in total. The molecular weight excluding hydrogens is 303 g/mol. The number of anilines is 1. The van der Waals surface area contributed by atoms with Crippen LogP contribution in [0.5, 0.6) is 0 Å². The van der Waals surface area contributed by atoms with Crippen LogP contribution in [0.2, 0.25) is 0 Å². The van der Waals surface area contributed by atoms with Crippen LogP contribution in [0.25, 0.3) is 11.0 Å². The van der Waals surface area contributed by atoms with E-state index in [1.54, 1.807) is 0 Å². The highest BCUT2D eigenvalue weighted by molar-refractivity contribution is 9.10. The van der Waals surface area contributed by atoms with Crippen LogP contribution in [0.3, 0.4) is 0 Å². The number of alkyl halides is 3. The van der Waals surface area contributed by atoms with E-state index in [1.165, 1.54) is 0 Å². The van der Waals surface area contributed by atoms with E-state index in [-0.39, 0.29) is 16.1 Å². The highest BCUT2D eigenvalue weighted by Crippen LogP contribution is 2.29. The zero-order chi connectivity index (χ0) is 12.6. The maximum Gasteiger partial charge on any atom is 0.263 e. The lowest BCUT2D eigenvalue weighted by Crippen LogP contribution is -2.20. The normalized spacial score (nSPS) is 13.5. The number of rotatable bonds is 3. The standard InChI is InChI=1S/C8H7BrF3N5/c9-5-4-7(13)14-2-15-8(4)17(16-5)3(1-10)6(11)12/h2-3,6H,1H2,(H2,13,14,15). The van der Waals surface area contributed by atoms with Crippen molar-refractivity contribution in [2.45, 2.75) is 12.5 Å². The Morgan fingerprint density at radius 3 is 2.71 bits per heavy atom.